The first-order chi connectivity index (χ1) is 8.66. The lowest BCUT2D eigenvalue weighted by Crippen LogP contribution is -2.39. The molecule has 1 heterocycles. The predicted molar refractivity (Wildman–Crippen MR) is 67.8 cm³/mol. The molecule has 0 amide bonds. The molecule has 0 saturated carbocycles. The van der Waals surface area contributed by atoms with Gasteiger partial charge in [0.05, 0.1) is 12.2 Å². The Hall–Kier alpha value is -0.970. The van der Waals surface area contributed by atoms with Crippen molar-refractivity contribution in [3.05, 3.63) is 35.6 Å². The van der Waals surface area contributed by atoms with Gasteiger partial charge in [0.1, 0.15) is 5.82 Å². The summed E-state index contributed by atoms with van der Waals surface area (Å²) in [4.78, 5) is 0. The van der Waals surface area contributed by atoms with E-state index < -0.39 is 6.10 Å². The predicted octanol–water partition coefficient (Wildman–Crippen LogP) is 2.02. The van der Waals surface area contributed by atoms with Crippen LogP contribution in [0.15, 0.2) is 24.3 Å². The second-order valence-electron chi connectivity index (χ2n) is 4.82. The van der Waals surface area contributed by atoms with E-state index in [-0.39, 0.29) is 18.0 Å². The summed E-state index contributed by atoms with van der Waals surface area (Å²) in [7, 11) is 0. The van der Waals surface area contributed by atoms with Crippen LogP contribution in [0.3, 0.4) is 0 Å². The Bertz CT molecular complexity index is 363. The van der Waals surface area contributed by atoms with Crippen LogP contribution < -0.4 is 5.32 Å². The Kier molecular flexibility index (Phi) is 4.69. The smallest absolute Gasteiger partial charge is 0.123 e. The lowest BCUT2D eigenvalue weighted by Gasteiger charge is -2.22. The Morgan fingerprint density at radius 3 is 2.78 bits per heavy atom. The van der Waals surface area contributed by atoms with Crippen molar-refractivity contribution in [1.29, 1.82) is 0 Å². The summed E-state index contributed by atoms with van der Waals surface area (Å²) in [6.45, 7) is 3.34. The molecule has 1 aliphatic rings. The highest BCUT2D eigenvalue weighted by molar-refractivity contribution is 5.18. The molecule has 1 fully saturated rings. The Morgan fingerprint density at radius 1 is 1.44 bits per heavy atom. The van der Waals surface area contributed by atoms with Gasteiger partial charge in [-0.1, -0.05) is 12.1 Å². The summed E-state index contributed by atoms with van der Waals surface area (Å²) in [6, 6.07) is 6.17. The molecule has 2 rings (SSSR count). The molecule has 4 heteroatoms. The number of hydrogen-bond donors (Lipinski definition) is 2. The van der Waals surface area contributed by atoms with Gasteiger partial charge >= 0.3 is 0 Å². The first kappa shape index (κ1) is 13.5. The molecular formula is C14H20FNO2. The van der Waals surface area contributed by atoms with Gasteiger partial charge in [-0.3, -0.25) is 0 Å². The van der Waals surface area contributed by atoms with Crippen LogP contribution in [0.25, 0.3) is 0 Å². The number of benzene rings is 1. The minimum Gasteiger partial charge on any atom is -0.387 e. The fraction of sp³-hybridized carbons (Fsp3) is 0.571. The molecule has 1 aromatic carbocycles. The summed E-state index contributed by atoms with van der Waals surface area (Å²) >= 11 is 0. The molecule has 1 aliphatic heterocycles. The van der Waals surface area contributed by atoms with Gasteiger partial charge in [-0.2, -0.15) is 0 Å². The Morgan fingerprint density at radius 2 is 2.17 bits per heavy atom. The van der Waals surface area contributed by atoms with Crippen LogP contribution in [0, 0.1) is 5.82 Å². The zero-order chi connectivity index (χ0) is 13.0. The van der Waals surface area contributed by atoms with Gasteiger partial charge in [0, 0.05) is 19.2 Å². The number of aliphatic hydroxyl groups excluding tert-OH is 1. The third kappa shape index (κ3) is 3.51. The van der Waals surface area contributed by atoms with Crippen LogP contribution in [0.5, 0.6) is 0 Å². The van der Waals surface area contributed by atoms with Crippen LogP contribution in [-0.2, 0) is 4.74 Å². The van der Waals surface area contributed by atoms with E-state index in [9.17, 15) is 9.50 Å². The van der Waals surface area contributed by atoms with Crippen molar-refractivity contribution < 1.29 is 14.2 Å². The van der Waals surface area contributed by atoms with Gasteiger partial charge in [0.15, 0.2) is 0 Å². The number of hydrogen-bond acceptors (Lipinski definition) is 3. The number of aliphatic hydroxyl groups is 1. The van der Waals surface area contributed by atoms with Crippen molar-refractivity contribution in [2.45, 2.75) is 38.0 Å². The zero-order valence-corrected chi connectivity index (χ0v) is 10.6. The van der Waals surface area contributed by atoms with Crippen molar-refractivity contribution in [3.8, 4) is 0 Å². The standard InChI is InChI=1S/C14H20FNO2/c1-10(14-3-2-8-18-14)16-9-13(17)11-4-6-12(15)7-5-11/h4-7,10,13-14,16-17H,2-3,8-9H2,1H3. The quantitative estimate of drug-likeness (QED) is 0.843. The number of ether oxygens (including phenoxy) is 1. The Balaban J connectivity index is 1.80. The summed E-state index contributed by atoms with van der Waals surface area (Å²) in [5.41, 5.74) is 0.725. The van der Waals surface area contributed by atoms with Gasteiger partial charge < -0.3 is 15.2 Å². The van der Waals surface area contributed by atoms with Crippen LogP contribution in [-0.4, -0.2) is 30.4 Å². The van der Waals surface area contributed by atoms with Gasteiger partial charge in [0.2, 0.25) is 0 Å². The molecular weight excluding hydrogens is 233 g/mol. The lowest BCUT2D eigenvalue weighted by molar-refractivity contribution is 0.0765. The molecule has 3 nitrogen and oxygen atoms in total. The van der Waals surface area contributed by atoms with Crippen molar-refractivity contribution in [2.75, 3.05) is 13.2 Å². The average Bonchev–Trinajstić information content (AvgIpc) is 2.90. The molecule has 0 bridgehead atoms. The van der Waals surface area contributed by atoms with E-state index in [2.05, 4.69) is 12.2 Å². The highest BCUT2D eigenvalue weighted by Crippen LogP contribution is 2.17. The second kappa shape index (κ2) is 6.27. The molecule has 100 valence electrons. The summed E-state index contributed by atoms with van der Waals surface area (Å²) in [5.74, 6) is -0.286. The van der Waals surface area contributed by atoms with E-state index >= 15 is 0 Å². The zero-order valence-electron chi connectivity index (χ0n) is 10.6. The fourth-order valence-corrected chi connectivity index (χ4v) is 2.23. The third-order valence-electron chi connectivity index (χ3n) is 3.41. The molecule has 2 N–H and O–H groups in total. The van der Waals surface area contributed by atoms with E-state index in [0.717, 1.165) is 25.0 Å². The number of halogens is 1. The summed E-state index contributed by atoms with van der Waals surface area (Å²) in [5, 5.41) is 13.2. The first-order valence-corrected chi connectivity index (χ1v) is 6.45. The average molecular weight is 253 g/mol. The summed E-state index contributed by atoms with van der Waals surface area (Å²) in [6.07, 6.45) is 1.80. The van der Waals surface area contributed by atoms with Gasteiger partial charge in [-0.05, 0) is 37.5 Å². The van der Waals surface area contributed by atoms with Crippen LogP contribution in [0.2, 0.25) is 0 Å². The maximum Gasteiger partial charge on any atom is 0.123 e. The largest absolute Gasteiger partial charge is 0.387 e. The second-order valence-corrected chi connectivity index (χ2v) is 4.82. The monoisotopic (exact) mass is 253 g/mol. The van der Waals surface area contributed by atoms with Crippen molar-refractivity contribution in [1.82, 2.24) is 5.32 Å². The highest BCUT2D eigenvalue weighted by atomic mass is 19.1. The van der Waals surface area contributed by atoms with Crippen LogP contribution >= 0.6 is 0 Å². The van der Waals surface area contributed by atoms with Crippen molar-refractivity contribution in [2.24, 2.45) is 0 Å². The molecule has 1 saturated heterocycles. The minimum absolute atomic E-state index is 0.225. The van der Waals surface area contributed by atoms with E-state index in [1.54, 1.807) is 12.1 Å². The number of rotatable bonds is 5. The number of nitrogens with one attached hydrogen (secondary N) is 1. The fourth-order valence-electron chi connectivity index (χ4n) is 2.23. The van der Waals surface area contributed by atoms with E-state index in [1.165, 1.54) is 12.1 Å². The molecule has 3 atom stereocenters. The van der Waals surface area contributed by atoms with Crippen LogP contribution in [0.1, 0.15) is 31.4 Å². The Labute approximate surface area is 107 Å². The minimum atomic E-state index is -0.616. The first-order valence-electron chi connectivity index (χ1n) is 6.45. The molecule has 1 aromatic rings. The molecule has 0 aliphatic carbocycles. The third-order valence-corrected chi connectivity index (χ3v) is 3.41. The van der Waals surface area contributed by atoms with Crippen molar-refractivity contribution >= 4 is 0 Å². The maximum absolute atomic E-state index is 12.8. The molecule has 0 spiro atoms. The highest BCUT2D eigenvalue weighted by Gasteiger charge is 2.22. The lowest BCUT2D eigenvalue weighted by atomic mass is 10.1. The molecule has 3 unspecified atom stereocenters. The molecule has 0 radical (unpaired) electrons. The van der Waals surface area contributed by atoms with Crippen LogP contribution in [0.4, 0.5) is 4.39 Å². The SMILES string of the molecule is CC(NCC(O)c1ccc(F)cc1)C1CCCO1. The maximum atomic E-state index is 12.8. The normalized spacial score (nSPS) is 22.9. The van der Waals surface area contributed by atoms with E-state index in [4.69, 9.17) is 4.74 Å². The van der Waals surface area contributed by atoms with Gasteiger partial charge in [-0.25, -0.2) is 4.39 Å². The van der Waals surface area contributed by atoms with E-state index in [1.807, 2.05) is 0 Å². The topological polar surface area (TPSA) is 41.5 Å². The van der Waals surface area contributed by atoms with Crippen molar-refractivity contribution in [3.63, 3.8) is 0 Å². The van der Waals surface area contributed by atoms with Gasteiger partial charge in [-0.15, -0.1) is 0 Å². The summed E-state index contributed by atoms with van der Waals surface area (Å²) < 4.78 is 18.3. The molecule has 0 aromatic heterocycles. The molecule has 18 heavy (non-hydrogen) atoms. The van der Waals surface area contributed by atoms with E-state index in [0.29, 0.717) is 6.54 Å². The van der Waals surface area contributed by atoms with Gasteiger partial charge in [0.25, 0.3) is 0 Å².